The lowest BCUT2D eigenvalue weighted by molar-refractivity contribution is -0.143. The molecule has 0 saturated carbocycles. The summed E-state index contributed by atoms with van der Waals surface area (Å²) in [5.41, 5.74) is 0. The number of ether oxygens (including phenoxy) is 1. The van der Waals surface area contributed by atoms with Crippen molar-refractivity contribution in [1.29, 1.82) is 0 Å². The van der Waals surface area contributed by atoms with Crippen molar-refractivity contribution < 1.29 is 14.6 Å². The van der Waals surface area contributed by atoms with E-state index in [0.29, 0.717) is 19.6 Å². The zero-order valence-electron chi connectivity index (χ0n) is 13.4. The number of rotatable bonds is 15. The molecule has 0 spiro atoms. The normalized spacial score (nSPS) is 10.7. The van der Waals surface area contributed by atoms with Gasteiger partial charge in [-0.25, -0.2) is 0 Å². The quantitative estimate of drug-likeness (QED) is 0.353. The Labute approximate surface area is 125 Å². The van der Waals surface area contributed by atoms with E-state index in [4.69, 9.17) is 9.84 Å². The molecule has 0 aromatic carbocycles. The number of carbonyl (C=O) groups is 1. The summed E-state index contributed by atoms with van der Waals surface area (Å²) in [6.07, 6.45) is 14.9. The Morgan fingerprint density at radius 3 is 1.70 bits per heavy atom. The first-order valence-electron chi connectivity index (χ1n) is 8.57. The molecule has 0 rings (SSSR count). The molecule has 0 atom stereocenters. The van der Waals surface area contributed by atoms with Gasteiger partial charge in [-0.3, -0.25) is 4.79 Å². The van der Waals surface area contributed by atoms with Crippen molar-refractivity contribution in [2.24, 2.45) is 0 Å². The van der Waals surface area contributed by atoms with Gasteiger partial charge in [0.1, 0.15) is 0 Å². The highest BCUT2D eigenvalue weighted by molar-refractivity contribution is 5.69. The van der Waals surface area contributed by atoms with Crippen molar-refractivity contribution in [2.75, 3.05) is 13.2 Å². The summed E-state index contributed by atoms with van der Waals surface area (Å²) in [5, 5.41) is 8.66. The summed E-state index contributed by atoms with van der Waals surface area (Å²) in [7, 11) is 0. The molecule has 0 aromatic rings. The summed E-state index contributed by atoms with van der Waals surface area (Å²) >= 11 is 0. The summed E-state index contributed by atoms with van der Waals surface area (Å²) in [6.45, 7) is 2.94. The van der Waals surface area contributed by atoms with Crippen molar-refractivity contribution in [3.05, 3.63) is 0 Å². The van der Waals surface area contributed by atoms with Gasteiger partial charge in [-0.2, -0.15) is 0 Å². The van der Waals surface area contributed by atoms with Gasteiger partial charge in [0, 0.05) is 13.0 Å². The Morgan fingerprint density at radius 1 is 0.800 bits per heavy atom. The smallest absolute Gasteiger partial charge is 0.305 e. The van der Waals surface area contributed by atoms with Crippen LogP contribution >= 0.6 is 0 Å². The molecule has 0 radical (unpaired) electrons. The van der Waals surface area contributed by atoms with Crippen LogP contribution in [0, 0.1) is 0 Å². The minimum absolute atomic E-state index is 0.0475. The van der Waals surface area contributed by atoms with Crippen LogP contribution in [0.1, 0.15) is 90.4 Å². The third-order valence-corrected chi connectivity index (χ3v) is 3.52. The standard InChI is InChI=1S/C17H34O3/c1-2-14-17(19)20-16-13-11-9-7-5-3-4-6-8-10-12-15-18/h18H,2-16H2,1H3. The molecule has 0 heterocycles. The van der Waals surface area contributed by atoms with Gasteiger partial charge in [-0.15, -0.1) is 0 Å². The molecule has 1 N–H and O–H groups in total. The Morgan fingerprint density at radius 2 is 1.25 bits per heavy atom. The molecule has 0 aliphatic rings. The van der Waals surface area contributed by atoms with Crippen LogP contribution in [0.3, 0.4) is 0 Å². The van der Waals surface area contributed by atoms with Crippen LogP contribution in [0.4, 0.5) is 0 Å². The van der Waals surface area contributed by atoms with E-state index in [2.05, 4.69) is 0 Å². The minimum Gasteiger partial charge on any atom is -0.466 e. The van der Waals surface area contributed by atoms with Crippen molar-refractivity contribution >= 4 is 5.97 Å². The largest absolute Gasteiger partial charge is 0.466 e. The maximum absolute atomic E-state index is 11.1. The third kappa shape index (κ3) is 15.5. The Hall–Kier alpha value is -0.570. The van der Waals surface area contributed by atoms with Gasteiger partial charge in [0.2, 0.25) is 0 Å². The lowest BCUT2D eigenvalue weighted by Crippen LogP contribution is -2.04. The fourth-order valence-corrected chi connectivity index (χ4v) is 2.27. The first kappa shape index (κ1) is 19.4. The van der Waals surface area contributed by atoms with Gasteiger partial charge in [0.05, 0.1) is 6.61 Å². The van der Waals surface area contributed by atoms with E-state index >= 15 is 0 Å². The number of hydrogen-bond donors (Lipinski definition) is 1. The molecule has 0 aliphatic carbocycles. The van der Waals surface area contributed by atoms with Crippen molar-refractivity contribution in [3.63, 3.8) is 0 Å². The van der Waals surface area contributed by atoms with Crippen molar-refractivity contribution in [1.82, 2.24) is 0 Å². The fourth-order valence-electron chi connectivity index (χ4n) is 2.27. The van der Waals surface area contributed by atoms with E-state index < -0.39 is 0 Å². The lowest BCUT2D eigenvalue weighted by atomic mass is 10.1. The molecular weight excluding hydrogens is 252 g/mol. The molecule has 0 amide bonds. The molecule has 0 unspecified atom stereocenters. The maximum atomic E-state index is 11.1. The second kappa shape index (κ2) is 16.5. The van der Waals surface area contributed by atoms with Crippen molar-refractivity contribution in [2.45, 2.75) is 90.4 Å². The zero-order valence-corrected chi connectivity index (χ0v) is 13.4. The molecule has 3 nitrogen and oxygen atoms in total. The topological polar surface area (TPSA) is 46.5 Å². The number of carbonyl (C=O) groups excluding carboxylic acids is 1. The molecule has 0 fully saturated rings. The molecule has 120 valence electrons. The molecular formula is C17H34O3. The minimum atomic E-state index is -0.0475. The van der Waals surface area contributed by atoms with E-state index in [-0.39, 0.29) is 5.97 Å². The maximum Gasteiger partial charge on any atom is 0.305 e. The summed E-state index contributed by atoms with van der Waals surface area (Å²) in [5.74, 6) is -0.0475. The second-order valence-corrected chi connectivity index (χ2v) is 5.58. The van der Waals surface area contributed by atoms with Crippen LogP contribution in [0.25, 0.3) is 0 Å². The van der Waals surface area contributed by atoms with E-state index in [1.54, 1.807) is 0 Å². The molecule has 3 heteroatoms. The van der Waals surface area contributed by atoms with Crippen molar-refractivity contribution in [3.8, 4) is 0 Å². The number of aliphatic hydroxyl groups excluding tert-OH is 1. The zero-order chi connectivity index (χ0) is 14.9. The number of hydrogen-bond acceptors (Lipinski definition) is 3. The van der Waals surface area contributed by atoms with E-state index in [1.807, 2.05) is 6.92 Å². The Balaban J connectivity index is 3.01. The SMILES string of the molecule is CCCC(=O)OCCCCCCCCCCCCCO. The van der Waals surface area contributed by atoms with Crippen LogP contribution in [-0.4, -0.2) is 24.3 Å². The van der Waals surface area contributed by atoms with E-state index in [0.717, 1.165) is 19.3 Å². The summed E-state index contributed by atoms with van der Waals surface area (Å²) in [4.78, 5) is 11.1. The van der Waals surface area contributed by atoms with Crippen LogP contribution < -0.4 is 0 Å². The van der Waals surface area contributed by atoms with Crippen LogP contribution in [0.15, 0.2) is 0 Å². The number of esters is 1. The van der Waals surface area contributed by atoms with Crippen LogP contribution in [0.5, 0.6) is 0 Å². The number of aliphatic hydroxyl groups is 1. The third-order valence-electron chi connectivity index (χ3n) is 3.52. The van der Waals surface area contributed by atoms with Gasteiger partial charge in [0.15, 0.2) is 0 Å². The molecule has 20 heavy (non-hydrogen) atoms. The highest BCUT2D eigenvalue weighted by Gasteiger charge is 1.99. The fraction of sp³-hybridized carbons (Fsp3) is 0.941. The highest BCUT2D eigenvalue weighted by Crippen LogP contribution is 2.11. The summed E-state index contributed by atoms with van der Waals surface area (Å²) in [6, 6.07) is 0. The van der Waals surface area contributed by atoms with Crippen LogP contribution in [-0.2, 0) is 9.53 Å². The molecule has 0 aromatic heterocycles. The van der Waals surface area contributed by atoms with E-state index in [9.17, 15) is 4.79 Å². The average Bonchev–Trinajstić information content (AvgIpc) is 2.44. The molecule has 0 saturated heterocycles. The monoisotopic (exact) mass is 286 g/mol. The highest BCUT2D eigenvalue weighted by atomic mass is 16.5. The predicted octanol–water partition coefficient (Wildman–Crippen LogP) is 4.61. The van der Waals surface area contributed by atoms with Gasteiger partial charge >= 0.3 is 5.97 Å². The second-order valence-electron chi connectivity index (χ2n) is 5.58. The summed E-state index contributed by atoms with van der Waals surface area (Å²) < 4.78 is 5.12. The van der Waals surface area contributed by atoms with Gasteiger partial charge in [-0.05, 0) is 19.3 Å². The Bertz CT molecular complexity index is 204. The average molecular weight is 286 g/mol. The first-order valence-corrected chi connectivity index (χ1v) is 8.57. The van der Waals surface area contributed by atoms with E-state index in [1.165, 1.54) is 57.8 Å². The van der Waals surface area contributed by atoms with Gasteiger partial charge < -0.3 is 9.84 Å². The van der Waals surface area contributed by atoms with Crippen LogP contribution in [0.2, 0.25) is 0 Å². The Kier molecular flexibility index (Phi) is 16.0. The predicted molar refractivity (Wildman–Crippen MR) is 83.7 cm³/mol. The molecule has 0 aliphatic heterocycles. The van der Waals surface area contributed by atoms with Gasteiger partial charge in [-0.1, -0.05) is 64.7 Å². The first-order chi connectivity index (χ1) is 9.81. The number of unbranched alkanes of at least 4 members (excludes halogenated alkanes) is 10. The molecule has 0 bridgehead atoms. The lowest BCUT2D eigenvalue weighted by Gasteiger charge is -2.04. The van der Waals surface area contributed by atoms with Gasteiger partial charge in [0.25, 0.3) is 0 Å².